The zero-order chi connectivity index (χ0) is 26.9. The molecule has 1 aliphatic carbocycles. The van der Waals surface area contributed by atoms with Gasteiger partial charge in [-0.1, -0.05) is 43.0 Å². The largest absolute Gasteiger partial charge is 0.341 e. The van der Waals surface area contributed by atoms with Gasteiger partial charge in [0.1, 0.15) is 0 Å². The third-order valence-electron chi connectivity index (χ3n) is 8.82. The van der Waals surface area contributed by atoms with Crippen molar-refractivity contribution in [2.75, 3.05) is 39.3 Å². The van der Waals surface area contributed by atoms with Crippen molar-refractivity contribution >= 4 is 23.5 Å². The first-order valence-electron chi connectivity index (χ1n) is 15.1. The molecule has 0 unspecified atom stereocenters. The van der Waals surface area contributed by atoms with Crippen LogP contribution in [0.15, 0.2) is 24.3 Å². The van der Waals surface area contributed by atoms with Gasteiger partial charge in [0.2, 0.25) is 5.91 Å². The third-order valence-corrected chi connectivity index (χ3v) is 9.07. The molecule has 3 amide bonds. The quantitative estimate of drug-likeness (QED) is 0.473. The van der Waals surface area contributed by atoms with Crippen LogP contribution in [0.2, 0.25) is 5.02 Å². The SMILES string of the molecule is CCN(CC)C(=O)N(C1CCCCC1)C1CCN(C(=O)[C@H](Cc2ccc(Cl)cc2)NC2CCNCC2)CC1. The van der Waals surface area contributed by atoms with Crippen molar-refractivity contribution in [3.63, 3.8) is 0 Å². The van der Waals surface area contributed by atoms with Crippen molar-refractivity contribution in [1.82, 2.24) is 25.3 Å². The molecule has 7 nitrogen and oxygen atoms in total. The van der Waals surface area contributed by atoms with Gasteiger partial charge in [0, 0.05) is 49.3 Å². The number of nitrogens with one attached hydrogen (secondary N) is 2. The smallest absolute Gasteiger partial charge is 0.320 e. The number of likely N-dealkylation sites (tertiary alicyclic amines) is 1. The highest BCUT2D eigenvalue weighted by atomic mass is 35.5. The van der Waals surface area contributed by atoms with E-state index in [2.05, 4.69) is 29.4 Å². The minimum absolute atomic E-state index is 0.191. The Morgan fingerprint density at radius 1 is 0.947 bits per heavy atom. The van der Waals surface area contributed by atoms with Crippen LogP contribution < -0.4 is 10.6 Å². The fourth-order valence-corrected chi connectivity index (χ4v) is 6.68. The van der Waals surface area contributed by atoms with Gasteiger partial charge in [-0.2, -0.15) is 0 Å². The lowest BCUT2D eigenvalue weighted by Crippen LogP contribution is -2.58. The number of carbonyl (C=O) groups is 2. The maximum Gasteiger partial charge on any atom is 0.320 e. The molecule has 0 bridgehead atoms. The van der Waals surface area contributed by atoms with Gasteiger partial charge in [0.15, 0.2) is 0 Å². The van der Waals surface area contributed by atoms with Crippen molar-refractivity contribution in [3.05, 3.63) is 34.9 Å². The highest BCUT2D eigenvalue weighted by Crippen LogP contribution is 2.29. The number of piperidine rings is 2. The van der Waals surface area contributed by atoms with E-state index in [1.165, 1.54) is 19.3 Å². The Bertz CT molecular complexity index is 873. The number of nitrogens with zero attached hydrogens (tertiary/aromatic N) is 3. The molecule has 2 N–H and O–H groups in total. The topological polar surface area (TPSA) is 67.9 Å². The van der Waals surface area contributed by atoms with E-state index < -0.39 is 0 Å². The van der Waals surface area contributed by atoms with Gasteiger partial charge in [-0.05, 0) is 89.6 Å². The molecule has 3 aliphatic rings. The Hall–Kier alpha value is -1.83. The highest BCUT2D eigenvalue weighted by Gasteiger charge is 2.37. The second-order valence-corrected chi connectivity index (χ2v) is 11.7. The van der Waals surface area contributed by atoms with E-state index in [1.54, 1.807) is 0 Å². The molecule has 2 aliphatic heterocycles. The van der Waals surface area contributed by atoms with Crippen LogP contribution in [0.3, 0.4) is 0 Å². The molecule has 1 atom stereocenters. The molecule has 0 aromatic heterocycles. The Labute approximate surface area is 234 Å². The van der Waals surface area contributed by atoms with Crippen LogP contribution in [0.25, 0.3) is 0 Å². The van der Waals surface area contributed by atoms with E-state index in [0.717, 1.165) is 70.3 Å². The molecule has 0 radical (unpaired) electrons. The molecular formula is C30H48ClN5O2. The number of carbonyl (C=O) groups excluding carboxylic acids is 2. The lowest BCUT2D eigenvalue weighted by atomic mass is 9.91. The van der Waals surface area contributed by atoms with E-state index in [-0.39, 0.29) is 24.0 Å². The Kier molecular flexibility index (Phi) is 11.1. The van der Waals surface area contributed by atoms with Crippen molar-refractivity contribution in [2.45, 2.75) is 102 Å². The van der Waals surface area contributed by atoms with Crippen LogP contribution in [0.4, 0.5) is 4.79 Å². The molecule has 212 valence electrons. The summed E-state index contributed by atoms with van der Waals surface area (Å²) in [7, 11) is 0. The molecule has 0 spiro atoms. The third kappa shape index (κ3) is 7.64. The average Bonchev–Trinajstić information content (AvgIpc) is 2.96. The van der Waals surface area contributed by atoms with Crippen LogP contribution in [-0.4, -0.2) is 90.1 Å². The lowest BCUT2D eigenvalue weighted by Gasteiger charge is -2.45. The molecule has 38 heavy (non-hydrogen) atoms. The minimum Gasteiger partial charge on any atom is -0.341 e. The summed E-state index contributed by atoms with van der Waals surface area (Å²) in [6.45, 7) is 9.02. The molecule has 1 aromatic carbocycles. The normalized spacial score (nSPS) is 20.8. The van der Waals surface area contributed by atoms with Gasteiger partial charge in [0.25, 0.3) is 0 Å². The van der Waals surface area contributed by atoms with Crippen molar-refractivity contribution in [2.24, 2.45) is 0 Å². The number of amides is 3. The van der Waals surface area contributed by atoms with Gasteiger partial charge >= 0.3 is 6.03 Å². The molecule has 2 heterocycles. The number of urea groups is 1. The summed E-state index contributed by atoms with van der Waals surface area (Å²) in [6, 6.07) is 8.71. The first-order chi connectivity index (χ1) is 18.5. The first kappa shape index (κ1) is 29.2. The molecule has 1 aromatic rings. The van der Waals surface area contributed by atoms with Gasteiger partial charge in [-0.15, -0.1) is 0 Å². The molecule has 2 saturated heterocycles. The van der Waals surface area contributed by atoms with Crippen molar-refractivity contribution in [1.29, 1.82) is 0 Å². The minimum atomic E-state index is -0.248. The summed E-state index contributed by atoms with van der Waals surface area (Å²) in [5.41, 5.74) is 1.12. The Morgan fingerprint density at radius 3 is 2.16 bits per heavy atom. The summed E-state index contributed by atoms with van der Waals surface area (Å²) in [4.78, 5) is 33.8. The standard InChI is InChI=1S/C30H48ClN5O2/c1-3-34(4-2)30(38)36(26-8-6-5-7-9-26)27-16-20-35(21-17-27)29(37)28(33-25-14-18-32-19-15-25)22-23-10-12-24(31)13-11-23/h10-13,25-28,32-33H,3-9,14-22H2,1-2H3/t28-/m0/s1. The Balaban J connectivity index is 1.43. The maximum atomic E-state index is 13.9. The zero-order valence-corrected chi connectivity index (χ0v) is 24.2. The summed E-state index contributed by atoms with van der Waals surface area (Å²) in [5.74, 6) is 0.191. The summed E-state index contributed by atoms with van der Waals surface area (Å²) in [6.07, 6.45) is 10.4. The molecular weight excluding hydrogens is 498 g/mol. The van der Waals surface area contributed by atoms with Gasteiger partial charge < -0.3 is 25.3 Å². The van der Waals surface area contributed by atoms with E-state index in [0.29, 0.717) is 36.6 Å². The number of halogens is 1. The van der Waals surface area contributed by atoms with Crippen LogP contribution in [0.5, 0.6) is 0 Å². The average molecular weight is 546 g/mol. The Morgan fingerprint density at radius 2 is 1.55 bits per heavy atom. The van der Waals surface area contributed by atoms with Crippen LogP contribution in [-0.2, 0) is 11.2 Å². The summed E-state index contributed by atoms with van der Waals surface area (Å²) >= 11 is 6.11. The second kappa shape index (κ2) is 14.5. The summed E-state index contributed by atoms with van der Waals surface area (Å²) < 4.78 is 0. The molecule has 3 fully saturated rings. The number of hydrogen-bond donors (Lipinski definition) is 2. The van der Waals surface area contributed by atoms with E-state index in [9.17, 15) is 9.59 Å². The van der Waals surface area contributed by atoms with Crippen molar-refractivity contribution < 1.29 is 9.59 Å². The predicted molar refractivity (Wildman–Crippen MR) is 155 cm³/mol. The van der Waals surface area contributed by atoms with Crippen LogP contribution in [0.1, 0.15) is 77.2 Å². The van der Waals surface area contributed by atoms with Gasteiger partial charge in [-0.25, -0.2) is 4.79 Å². The summed E-state index contributed by atoms with van der Waals surface area (Å²) in [5, 5.41) is 7.85. The number of hydrogen-bond acceptors (Lipinski definition) is 4. The maximum absolute atomic E-state index is 13.9. The molecule has 4 rings (SSSR count). The van der Waals surface area contributed by atoms with Gasteiger partial charge in [0.05, 0.1) is 6.04 Å². The zero-order valence-electron chi connectivity index (χ0n) is 23.5. The monoisotopic (exact) mass is 545 g/mol. The van der Waals surface area contributed by atoms with Gasteiger partial charge in [-0.3, -0.25) is 4.79 Å². The van der Waals surface area contributed by atoms with Crippen LogP contribution in [0, 0.1) is 0 Å². The fourth-order valence-electron chi connectivity index (χ4n) is 6.56. The fraction of sp³-hybridized carbons (Fsp3) is 0.733. The molecule has 1 saturated carbocycles. The van der Waals surface area contributed by atoms with E-state index >= 15 is 0 Å². The van der Waals surface area contributed by atoms with Crippen LogP contribution >= 0.6 is 11.6 Å². The number of benzene rings is 1. The lowest BCUT2D eigenvalue weighted by molar-refractivity contribution is -0.135. The van der Waals surface area contributed by atoms with Crippen molar-refractivity contribution in [3.8, 4) is 0 Å². The van der Waals surface area contributed by atoms with E-state index in [1.807, 2.05) is 34.1 Å². The number of rotatable bonds is 9. The predicted octanol–water partition coefficient (Wildman–Crippen LogP) is 4.68. The molecule has 8 heteroatoms. The second-order valence-electron chi connectivity index (χ2n) is 11.3. The first-order valence-corrected chi connectivity index (χ1v) is 15.4. The highest BCUT2D eigenvalue weighted by molar-refractivity contribution is 6.30. The van der Waals surface area contributed by atoms with E-state index in [4.69, 9.17) is 11.6 Å².